The molecule has 1 atom stereocenters. The van der Waals surface area contributed by atoms with Crippen molar-refractivity contribution in [3.8, 4) is 0 Å². The predicted molar refractivity (Wildman–Crippen MR) is 62.3 cm³/mol. The predicted octanol–water partition coefficient (Wildman–Crippen LogP) is 2.34. The average Bonchev–Trinajstić information content (AvgIpc) is 2.10. The number of carbonyl (C=O) groups excluding carboxylic acids is 1. The van der Waals surface area contributed by atoms with E-state index in [0.717, 1.165) is 0 Å². The van der Waals surface area contributed by atoms with Crippen molar-refractivity contribution < 1.29 is 18.6 Å². The Hall–Kier alpha value is -0.510. The van der Waals surface area contributed by atoms with Crippen molar-refractivity contribution in [3.05, 3.63) is 0 Å². The van der Waals surface area contributed by atoms with Crippen molar-refractivity contribution in [2.75, 3.05) is 13.7 Å². The van der Waals surface area contributed by atoms with Crippen molar-refractivity contribution in [1.29, 1.82) is 0 Å². The molecule has 6 heteroatoms. The Morgan fingerprint density at radius 1 is 1.38 bits per heavy atom. The average molecular weight is 250 g/mol. The van der Waals surface area contributed by atoms with Crippen molar-refractivity contribution in [1.82, 2.24) is 4.67 Å². The van der Waals surface area contributed by atoms with E-state index in [1.165, 1.54) is 11.8 Å². The van der Waals surface area contributed by atoms with Gasteiger partial charge in [-0.1, -0.05) is 4.67 Å². The first-order chi connectivity index (χ1) is 7.18. The Bertz CT molecular complexity index is 260. The molecule has 0 radical (unpaired) electrons. The molecule has 0 saturated heterocycles. The maximum Gasteiger partial charge on any atom is 0.617 e. The van der Waals surface area contributed by atoms with Crippen LogP contribution in [0.1, 0.15) is 34.6 Å². The standard InChI is InChI=1S/C10H21NO4P/c1-8(2)15-16(13)11(10(3,4)5)7-9(12)14-6/h8H,7H2,1-6H3/q+1. The van der Waals surface area contributed by atoms with E-state index in [1.54, 1.807) is 13.8 Å². The number of ether oxygens (including phenoxy) is 1. The molecule has 0 spiro atoms. The zero-order valence-electron chi connectivity index (χ0n) is 10.8. The molecule has 0 fully saturated rings. The van der Waals surface area contributed by atoms with Crippen LogP contribution in [0.3, 0.4) is 0 Å². The van der Waals surface area contributed by atoms with Gasteiger partial charge in [0.1, 0.15) is 12.6 Å². The molecule has 0 aliphatic rings. The monoisotopic (exact) mass is 250 g/mol. The normalized spacial score (nSPS) is 13.1. The number of rotatable bonds is 5. The van der Waals surface area contributed by atoms with E-state index in [1.807, 2.05) is 20.8 Å². The van der Waals surface area contributed by atoms with Gasteiger partial charge in [-0.15, -0.1) is 4.52 Å². The molecule has 0 aliphatic carbocycles. The second-order valence-electron chi connectivity index (χ2n) is 4.70. The minimum absolute atomic E-state index is 0.0398. The SMILES string of the molecule is COC(=O)CN([P+](=O)OC(C)C)C(C)(C)C. The first-order valence-corrected chi connectivity index (χ1v) is 6.30. The summed E-state index contributed by atoms with van der Waals surface area (Å²) in [6.45, 7) is 9.16. The molecule has 1 unspecified atom stereocenters. The highest BCUT2D eigenvalue weighted by atomic mass is 31.1. The first-order valence-electron chi connectivity index (χ1n) is 5.17. The number of methoxy groups -OCH3 is 1. The van der Waals surface area contributed by atoms with Crippen LogP contribution in [0, 0.1) is 0 Å². The maximum atomic E-state index is 11.9. The Kier molecular flexibility index (Phi) is 6.08. The molecular formula is C10H21NO4P+. The van der Waals surface area contributed by atoms with Crippen LogP contribution in [0.2, 0.25) is 0 Å². The molecule has 0 rings (SSSR count). The largest absolute Gasteiger partial charge is 0.617 e. The van der Waals surface area contributed by atoms with E-state index in [-0.39, 0.29) is 12.6 Å². The van der Waals surface area contributed by atoms with Crippen LogP contribution in [0.4, 0.5) is 0 Å². The van der Waals surface area contributed by atoms with Crippen LogP contribution in [0.15, 0.2) is 0 Å². The molecule has 0 aromatic rings. The van der Waals surface area contributed by atoms with Gasteiger partial charge >= 0.3 is 14.1 Å². The molecule has 0 amide bonds. The van der Waals surface area contributed by atoms with Gasteiger partial charge in [-0.25, -0.2) is 0 Å². The van der Waals surface area contributed by atoms with E-state index in [0.29, 0.717) is 0 Å². The number of nitrogens with zero attached hydrogens (tertiary/aromatic N) is 1. The minimum atomic E-state index is -2.03. The van der Waals surface area contributed by atoms with Crippen LogP contribution in [0.25, 0.3) is 0 Å². The lowest BCUT2D eigenvalue weighted by atomic mass is 10.1. The van der Waals surface area contributed by atoms with Crippen molar-refractivity contribution in [2.45, 2.75) is 46.3 Å². The summed E-state index contributed by atoms with van der Waals surface area (Å²) in [4.78, 5) is 11.2. The minimum Gasteiger partial charge on any atom is -0.468 e. The fourth-order valence-electron chi connectivity index (χ4n) is 0.964. The summed E-state index contributed by atoms with van der Waals surface area (Å²) in [6, 6.07) is 0. The fraction of sp³-hybridized carbons (Fsp3) is 0.900. The molecule has 0 aromatic heterocycles. The van der Waals surface area contributed by atoms with Crippen LogP contribution < -0.4 is 0 Å². The maximum absolute atomic E-state index is 11.9. The number of hydrogen-bond donors (Lipinski definition) is 0. The van der Waals surface area contributed by atoms with Crippen molar-refractivity contribution in [3.63, 3.8) is 0 Å². The van der Waals surface area contributed by atoms with Gasteiger partial charge in [0.25, 0.3) is 0 Å². The van der Waals surface area contributed by atoms with Gasteiger partial charge in [0.15, 0.2) is 0 Å². The lowest BCUT2D eigenvalue weighted by Crippen LogP contribution is -2.40. The third-order valence-corrected chi connectivity index (χ3v) is 3.52. The summed E-state index contributed by atoms with van der Waals surface area (Å²) in [6.07, 6.45) is -0.147. The molecule has 0 N–H and O–H groups in total. The van der Waals surface area contributed by atoms with E-state index < -0.39 is 19.7 Å². The smallest absolute Gasteiger partial charge is 0.468 e. The molecule has 0 heterocycles. The highest BCUT2D eigenvalue weighted by molar-refractivity contribution is 7.36. The van der Waals surface area contributed by atoms with Crippen molar-refractivity contribution in [2.24, 2.45) is 0 Å². The number of carbonyl (C=O) groups is 1. The third-order valence-electron chi connectivity index (χ3n) is 1.78. The molecular weight excluding hydrogens is 229 g/mol. The van der Waals surface area contributed by atoms with E-state index in [2.05, 4.69) is 4.74 Å². The lowest BCUT2D eigenvalue weighted by Gasteiger charge is -2.23. The van der Waals surface area contributed by atoms with Gasteiger partial charge in [0, 0.05) is 0 Å². The third kappa shape index (κ3) is 5.54. The Morgan fingerprint density at radius 3 is 2.19 bits per heavy atom. The topological polar surface area (TPSA) is 55.8 Å². The Morgan fingerprint density at radius 2 is 1.88 bits per heavy atom. The summed E-state index contributed by atoms with van der Waals surface area (Å²) >= 11 is 0. The fourth-order valence-corrected chi connectivity index (χ4v) is 2.16. The van der Waals surface area contributed by atoms with Gasteiger partial charge in [-0.05, 0) is 39.2 Å². The second-order valence-corrected chi connectivity index (χ2v) is 5.87. The Labute approximate surface area is 98.0 Å². The highest BCUT2D eigenvalue weighted by Crippen LogP contribution is 2.36. The molecule has 94 valence electrons. The summed E-state index contributed by atoms with van der Waals surface area (Å²) in [7, 11) is -0.722. The molecule has 5 nitrogen and oxygen atoms in total. The summed E-state index contributed by atoms with van der Waals surface area (Å²) in [5, 5.41) is 0. The molecule has 0 saturated carbocycles. The molecule has 0 bridgehead atoms. The van der Waals surface area contributed by atoms with Crippen LogP contribution in [0.5, 0.6) is 0 Å². The summed E-state index contributed by atoms with van der Waals surface area (Å²) < 4.78 is 23.2. The number of hydrogen-bond acceptors (Lipinski definition) is 4. The quantitative estimate of drug-likeness (QED) is 0.553. The van der Waals surface area contributed by atoms with Crippen LogP contribution in [-0.2, 0) is 18.6 Å². The van der Waals surface area contributed by atoms with Gasteiger partial charge in [0.05, 0.1) is 12.6 Å². The van der Waals surface area contributed by atoms with Gasteiger partial charge < -0.3 is 4.74 Å². The van der Waals surface area contributed by atoms with Crippen molar-refractivity contribution >= 4 is 14.1 Å². The number of esters is 1. The van der Waals surface area contributed by atoms with Crippen LogP contribution in [-0.4, -0.2) is 35.9 Å². The zero-order valence-corrected chi connectivity index (χ0v) is 11.7. The highest BCUT2D eigenvalue weighted by Gasteiger charge is 2.42. The van der Waals surface area contributed by atoms with E-state index >= 15 is 0 Å². The van der Waals surface area contributed by atoms with E-state index in [9.17, 15) is 9.36 Å². The molecule has 16 heavy (non-hydrogen) atoms. The van der Waals surface area contributed by atoms with Gasteiger partial charge in [0.2, 0.25) is 0 Å². The first kappa shape index (κ1) is 15.5. The lowest BCUT2D eigenvalue weighted by molar-refractivity contribution is -0.141. The summed E-state index contributed by atoms with van der Waals surface area (Å²) in [5.41, 5.74) is -0.420. The van der Waals surface area contributed by atoms with Gasteiger partial charge in [-0.3, -0.25) is 4.79 Å². The summed E-state index contributed by atoms with van der Waals surface area (Å²) in [5.74, 6) is -0.425. The molecule has 0 aliphatic heterocycles. The van der Waals surface area contributed by atoms with Crippen LogP contribution >= 0.6 is 8.18 Å². The second kappa shape index (κ2) is 6.28. The Balaban J connectivity index is 4.68. The van der Waals surface area contributed by atoms with E-state index in [4.69, 9.17) is 4.52 Å². The zero-order chi connectivity index (χ0) is 12.9. The molecule has 0 aromatic carbocycles. The van der Waals surface area contributed by atoms with Gasteiger partial charge in [-0.2, -0.15) is 0 Å².